The molecule has 0 aliphatic heterocycles. The molecule has 0 aromatic heterocycles. The molecule has 1 aliphatic rings. The third kappa shape index (κ3) is 3.66. The van der Waals surface area contributed by atoms with Crippen LogP contribution in [0.25, 0.3) is 0 Å². The summed E-state index contributed by atoms with van der Waals surface area (Å²) < 4.78 is 10.5. The third-order valence-corrected chi connectivity index (χ3v) is 2.49. The van der Waals surface area contributed by atoms with Gasteiger partial charge < -0.3 is 19.7 Å². The number of hydrogen-bond acceptors (Lipinski definition) is 4. The van der Waals surface area contributed by atoms with Crippen molar-refractivity contribution in [3.63, 3.8) is 0 Å². The van der Waals surface area contributed by atoms with E-state index in [1.54, 1.807) is 13.0 Å². The zero-order valence-electron chi connectivity index (χ0n) is 10.00. The molecule has 96 valence electrons. The van der Waals surface area contributed by atoms with E-state index in [0.717, 1.165) is 0 Å². The number of hydrogen-bond donors (Lipinski definition) is 2. The zero-order valence-corrected chi connectivity index (χ0v) is 10.00. The van der Waals surface area contributed by atoms with E-state index < -0.39 is 18.4 Å². The van der Waals surface area contributed by atoms with Gasteiger partial charge in [-0.25, -0.2) is 4.79 Å². The topological polar surface area (TPSA) is 76.0 Å². The molecular formula is C12H18O5. The first-order valence-electron chi connectivity index (χ1n) is 5.64. The normalized spacial score (nSPS) is 25.5. The molecule has 0 amide bonds. The van der Waals surface area contributed by atoms with Gasteiger partial charge in [-0.1, -0.05) is 12.2 Å². The Hall–Kier alpha value is -1.17. The minimum absolute atomic E-state index is 0.170. The molecule has 0 saturated carbocycles. The average Bonchev–Trinajstić information content (AvgIpc) is 2.29. The number of carboxylic acids is 1. The summed E-state index contributed by atoms with van der Waals surface area (Å²) in [5.74, 6) is -1.38. The van der Waals surface area contributed by atoms with Crippen LogP contribution in [-0.2, 0) is 14.3 Å². The van der Waals surface area contributed by atoms with Gasteiger partial charge in [0.05, 0.1) is 17.6 Å². The minimum atomic E-state index is -1.00. The SMILES string of the molecule is CCOC(O)C1C=CC(C(=O)O)=CC1OCC. The van der Waals surface area contributed by atoms with E-state index in [2.05, 4.69) is 0 Å². The number of aliphatic hydroxyl groups excluding tert-OH is 1. The first-order valence-corrected chi connectivity index (χ1v) is 5.64. The van der Waals surface area contributed by atoms with E-state index in [1.807, 2.05) is 6.92 Å². The molecule has 3 unspecified atom stereocenters. The Labute approximate surface area is 100 Å². The van der Waals surface area contributed by atoms with Crippen molar-refractivity contribution in [3.05, 3.63) is 23.8 Å². The average molecular weight is 242 g/mol. The molecule has 17 heavy (non-hydrogen) atoms. The second-order valence-corrected chi connectivity index (χ2v) is 3.63. The van der Waals surface area contributed by atoms with Crippen LogP contribution in [0.3, 0.4) is 0 Å². The number of aliphatic carboxylic acids is 1. The van der Waals surface area contributed by atoms with Gasteiger partial charge in [0.25, 0.3) is 0 Å². The Morgan fingerprint density at radius 1 is 1.47 bits per heavy atom. The molecule has 0 aromatic rings. The van der Waals surface area contributed by atoms with E-state index in [9.17, 15) is 9.90 Å². The van der Waals surface area contributed by atoms with Gasteiger partial charge in [-0.15, -0.1) is 0 Å². The lowest BCUT2D eigenvalue weighted by atomic mass is 9.93. The van der Waals surface area contributed by atoms with Crippen LogP contribution < -0.4 is 0 Å². The molecule has 3 atom stereocenters. The van der Waals surface area contributed by atoms with Crippen molar-refractivity contribution in [2.45, 2.75) is 26.2 Å². The molecule has 0 heterocycles. The monoisotopic (exact) mass is 242 g/mol. The smallest absolute Gasteiger partial charge is 0.335 e. The van der Waals surface area contributed by atoms with E-state index in [4.69, 9.17) is 14.6 Å². The fourth-order valence-electron chi connectivity index (χ4n) is 1.70. The van der Waals surface area contributed by atoms with Gasteiger partial charge in [0, 0.05) is 13.2 Å². The molecule has 0 radical (unpaired) electrons. The Morgan fingerprint density at radius 2 is 2.18 bits per heavy atom. The second kappa shape index (κ2) is 6.54. The fourth-order valence-corrected chi connectivity index (χ4v) is 1.70. The molecule has 0 saturated heterocycles. The summed E-state index contributed by atoms with van der Waals surface area (Å²) in [5, 5.41) is 18.6. The molecule has 0 fully saturated rings. The molecule has 1 aliphatic carbocycles. The van der Waals surface area contributed by atoms with Crippen molar-refractivity contribution in [1.82, 2.24) is 0 Å². The Bertz CT molecular complexity index is 321. The molecule has 1 rings (SSSR count). The van der Waals surface area contributed by atoms with Gasteiger partial charge in [0.15, 0.2) is 6.29 Å². The van der Waals surface area contributed by atoms with Gasteiger partial charge in [-0.3, -0.25) is 0 Å². The van der Waals surface area contributed by atoms with Crippen LogP contribution in [0.2, 0.25) is 0 Å². The summed E-state index contributed by atoms with van der Waals surface area (Å²) in [6, 6.07) is 0. The highest BCUT2D eigenvalue weighted by Gasteiger charge is 2.29. The predicted molar refractivity (Wildman–Crippen MR) is 61.4 cm³/mol. The van der Waals surface area contributed by atoms with Gasteiger partial charge in [-0.05, 0) is 19.9 Å². The summed E-state index contributed by atoms with van der Waals surface area (Å²) in [4.78, 5) is 10.8. The van der Waals surface area contributed by atoms with Crippen LogP contribution in [0, 0.1) is 5.92 Å². The van der Waals surface area contributed by atoms with E-state index in [-0.39, 0.29) is 11.5 Å². The molecule has 0 bridgehead atoms. The lowest BCUT2D eigenvalue weighted by molar-refractivity contribution is -0.144. The second-order valence-electron chi connectivity index (χ2n) is 3.63. The number of rotatable bonds is 6. The Morgan fingerprint density at radius 3 is 2.71 bits per heavy atom. The minimum Gasteiger partial charge on any atom is -0.478 e. The van der Waals surface area contributed by atoms with E-state index in [1.165, 1.54) is 12.2 Å². The van der Waals surface area contributed by atoms with Crippen molar-refractivity contribution in [2.75, 3.05) is 13.2 Å². The first kappa shape index (κ1) is 13.9. The van der Waals surface area contributed by atoms with Crippen molar-refractivity contribution >= 4 is 5.97 Å². The van der Waals surface area contributed by atoms with Gasteiger partial charge >= 0.3 is 5.97 Å². The van der Waals surface area contributed by atoms with Crippen molar-refractivity contribution < 1.29 is 24.5 Å². The molecular weight excluding hydrogens is 224 g/mol. The number of carboxylic acid groups (broad SMARTS) is 1. The maximum Gasteiger partial charge on any atom is 0.335 e. The summed E-state index contributed by atoms with van der Waals surface area (Å²) in [6.45, 7) is 4.43. The van der Waals surface area contributed by atoms with E-state index >= 15 is 0 Å². The quantitative estimate of drug-likeness (QED) is 0.678. The van der Waals surface area contributed by atoms with Crippen LogP contribution in [-0.4, -0.2) is 41.8 Å². The van der Waals surface area contributed by atoms with Crippen LogP contribution in [0.1, 0.15) is 13.8 Å². The summed E-state index contributed by atoms with van der Waals surface area (Å²) in [7, 11) is 0. The maximum atomic E-state index is 10.8. The lowest BCUT2D eigenvalue weighted by Gasteiger charge is -2.28. The molecule has 5 heteroatoms. The van der Waals surface area contributed by atoms with Crippen LogP contribution in [0.15, 0.2) is 23.8 Å². The lowest BCUT2D eigenvalue weighted by Crippen LogP contribution is -2.35. The number of ether oxygens (including phenoxy) is 2. The van der Waals surface area contributed by atoms with Crippen LogP contribution in [0.5, 0.6) is 0 Å². The molecule has 2 N–H and O–H groups in total. The summed E-state index contributed by atoms with van der Waals surface area (Å²) >= 11 is 0. The van der Waals surface area contributed by atoms with Crippen LogP contribution >= 0.6 is 0 Å². The summed E-state index contributed by atoms with van der Waals surface area (Å²) in [6.07, 6.45) is 3.12. The van der Waals surface area contributed by atoms with Crippen molar-refractivity contribution in [2.24, 2.45) is 5.92 Å². The third-order valence-electron chi connectivity index (χ3n) is 2.49. The van der Waals surface area contributed by atoms with Crippen molar-refractivity contribution in [1.29, 1.82) is 0 Å². The fraction of sp³-hybridized carbons (Fsp3) is 0.583. The van der Waals surface area contributed by atoms with E-state index in [0.29, 0.717) is 13.2 Å². The number of carbonyl (C=O) groups is 1. The molecule has 0 spiro atoms. The van der Waals surface area contributed by atoms with Gasteiger partial charge in [0.2, 0.25) is 0 Å². The standard InChI is InChI=1S/C12H18O5/c1-3-16-10-7-8(11(13)14)5-6-9(10)12(15)17-4-2/h5-7,9-10,12,15H,3-4H2,1-2H3,(H,13,14). The number of aliphatic hydroxyl groups is 1. The van der Waals surface area contributed by atoms with Gasteiger partial charge in [0.1, 0.15) is 0 Å². The highest BCUT2D eigenvalue weighted by molar-refractivity contribution is 5.90. The van der Waals surface area contributed by atoms with Crippen LogP contribution in [0.4, 0.5) is 0 Å². The Kier molecular flexibility index (Phi) is 5.34. The van der Waals surface area contributed by atoms with Crippen molar-refractivity contribution in [3.8, 4) is 0 Å². The maximum absolute atomic E-state index is 10.8. The largest absolute Gasteiger partial charge is 0.478 e. The molecule has 5 nitrogen and oxygen atoms in total. The Balaban J connectivity index is 2.80. The van der Waals surface area contributed by atoms with Gasteiger partial charge in [-0.2, -0.15) is 0 Å². The predicted octanol–water partition coefficient (Wildman–Crippen LogP) is 0.943. The zero-order chi connectivity index (χ0) is 12.8. The first-order chi connectivity index (χ1) is 8.10. The highest BCUT2D eigenvalue weighted by atomic mass is 16.6. The summed E-state index contributed by atoms with van der Waals surface area (Å²) in [5.41, 5.74) is 0.170. The highest BCUT2D eigenvalue weighted by Crippen LogP contribution is 2.23. The molecule has 0 aromatic carbocycles.